The van der Waals surface area contributed by atoms with E-state index in [0.717, 1.165) is 19.3 Å². The number of esters is 1. The van der Waals surface area contributed by atoms with Crippen molar-refractivity contribution < 1.29 is 14.6 Å². The molecule has 0 aliphatic heterocycles. The van der Waals surface area contributed by atoms with Crippen molar-refractivity contribution in [2.45, 2.75) is 71.0 Å². The Kier molecular flexibility index (Phi) is 5.81. The summed E-state index contributed by atoms with van der Waals surface area (Å²) in [5.41, 5.74) is -1.01. The van der Waals surface area contributed by atoms with E-state index >= 15 is 0 Å². The van der Waals surface area contributed by atoms with Gasteiger partial charge in [0.2, 0.25) is 0 Å². The van der Waals surface area contributed by atoms with Gasteiger partial charge in [-0.3, -0.25) is 4.79 Å². The van der Waals surface area contributed by atoms with Crippen LogP contribution in [0.25, 0.3) is 0 Å². The zero-order chi connectivity index (χ0) is 14.5. The Morgan fingerprint density at radius 2 is 2.16 bits per heavy atom. The van der Waals surface area contributed by atoms with Gasteiger partial charge in [0, 0.05) is 13.1 Å². The fraction of sp³-hybridized carbons (Fsp3) is 0.933. The summed E-state index contributed by atoms with van der Waals surface area (Å²) in [5, 5.41) is 13.6. The van der Waals surface area contributed by atoms with E-state index in [9.17, 15) is 9.90 Å². The maximum Gasteiger partial charge on any atom is 0.307 e. The standard InChI is InChI=1S/C15H29NO3/c1-12-6-5-8-15(18,10-12)11-16-9-7-13(17)19-14(2,3)4/h12,16,18H,5-11H2,1-4H3. The molecule has 0 heterocycles. The predicted octanol–water partition coefficient (Wildman–Crippen LogP) is 2.25. The van der Waals surface area contributed by atoms with Gasteiger partial charge in [-0.1, -0.05) is 19.8 Å². The summed E-state index contributed by atoms with van der Waals surface area (Å²) in [6.07, 6.45) is 4.36. The summed E-state index contributed by atoms with van der Waals surface area (Å²) in [6.45, 7) is 8.91. The minimum atomic E-state index is -0.592. The van der Waals surface area contributed by atoms with E-state index in [1.54, 1.807) is 0 Å². The largest absolute Gasteiger partial charge is 0.460 e. The molecule has 1 fully saturated rings. The van der Waals surface area contributed by atoms with E-state index in [1.165, 1.54) is 6.42 Å². The van der Waals surface area contributed by atoms with Crippen LogP contribution in [0.3, 0.4) is 0 Å². The van der Waals surface area contributed by atoms with Gasteiger partial charge in [-0.25, -0.2) is 0 Å². The van der Waals surface area contributed by atoms with Crippen LogP contribution in [0.4, 0.5) is 0 Å². The van der Waals surface area contributed by atoms with Crippen LogP contribution in [-0.2, 0) is 9.53 Å². The van der Waals surface area contributed by atoms with Crippen molar-refractivity contribution in [3.8, 4) is 0 Å². The lowest BCUT2D eigenvalue weighted by atomic mass is 9.79. The molecule has 2 N–H and O–H groups in total. The Morgan fingerprint density at radius 1 is 1.47 bits per heavy atom. The smallest absolute Gasteiger partial charge is 0.307 e. The molecule has 0 saturated heterocycles. The van der Waals surface area contributed by atoms with E-state index in [4.69, 9.17) is 4.74 Å². The molecule has 0 bridgehead atoms. The first-order chi connectivity index (χ1) is 8.70. The number of carbonyl (C=O) groups is 1. The van der Waals surface area contributed by atoms with Crippen LogP contribution < -0.4 is 5.32 Å². The molecule has 4 heteroatoms. The molecule has 2 unspecified atom stereocenters. The average molecular weight is 271 g/mol. The molecule has 1 aliphatic carbocycles. The van der Waals surface area contributed by atoms with Gasteiger partial charge in [0.1, 0.15) is 5.60 Å². The molecule has 19 heavy (non-hydrogen) atoms. The summed E-state index contributed by atoms with van der Waals surface area (Å²) in [6, 6.07) is 0. The van der Waals surface area contributed by atoms with Gasteiger partial charge in [0.05, 0.1) is 12.0 Å². The van der Waals surface area contributed by atoms with Crippen LogP contribution in [0, 0.1) is 5.92 Å². The second-order valence-electron chi connectivity index (χ2n) is 6.94. The lowest BCUT2D eigenvalue weighted by Gasteiger charge is -2.35. The number of aliphatic hydroxyl groups is 1. The van der Waals surface area contributed by atoms with Gasteiger partial charge in [0.25, 0.3) is 0 Å². The number of hydrogen-bond donors (Lipinski definition) is 2. The number of rotatable bonds is 5. The fourth-order valence-electron chi connectivity index (χ4n) is 2.70. The monoisotopic (exact) mass is 271 g/mol. The highest BCUT2D eigenvalue weighted by molar-refractivity contribution is 5.70. The van der Waals surface area contributed by atoms with Crippen LogP contribution in [0.15, 0.2) is 0 Å². The molecule has 1 aliphatic rings. The number of ether oxygens (including phenoxy) is 1. The van der Waals surface area contributed by atoms with Crippen molar-refractivity contribution in [1.29, 1.82) is 0 Å². The highest BCUT2D eigenvalue weighted by atomic mass is 16.6. The highest BCUT2D eigenvalue weighted by Crippen LogP contribution is 2.31. The Hall–Kier alpha value is -0.610. The second kappa shape index (κ2) is 6.71. The molecule has 112 valence electrons. The molecule has 0 aromatic heterocycles. The van der Waals surface area contributed by atoms with Gasteiger partial charge in [0.15, 0.2) is 0 Å². The molecule has 0 radical (unpaired) electrons. The van der Waals surface area contributed by atoms with Crippen molar-refractivity contribution >= 4 is 5.97 Å². The molecule has 1 rings (SSSR count). The normalized spacial score (nSPS) is 28.2. The SMILES string of the molecule is CC1CCCC(O)(CNCCC(=O)OC(C)(C)C)C1. The minimum absolute atomic E-state index is 0.191. The lowest BCUT2D eigenvalue weighted by Crippen LogP contribution is -2.44. The first-order valence-electron chi connectivity index (χ1n) is 7.35. The average Bonchev–Trinajstić information content (AvgIpc) is 2.21. The summed E-state index contributed by atoms with van der Waals surface area (Å²) in [7, 11) is 0. The van der Waals surface area contributed by atoms with Gasteiger partial charge >= 0.3 is 5.97 Å². The van der Waals surface area contributed by atoms with Crippen LogP contribution in [0.2, 0.25) is 0 Å². The summed E-state index contributed by atoms with van der Waals surface area (Å²) < 4.78 is 5.23. The highest BCUT2D eigenvalue weighted by Gasteiger charge is 2.32. The van der Waals surface area contributed by atoms with Crippen LogP contribution in [-0.4, -0.2) is 35.4 Å². The molecule has 1 saturated carbocycles. The molecular formula is C15H29NO3. The quantitative estimate of drug-likeness (QED) is 0.595. The second-order valence-corrected chi connectivity index (χ2v) is 6.94. The first-order valence-corrected chi connectivity index (χ1v) is 7.35. The van der Waals surface area contributed by atoms with Crippen molar-refractivity contribution in [3.63, 3.8) is 0 Å². The third kappa shape index (κ3) is 6.92. The molecule has 4 nitrogen and oxygen atoms in total. The summed E-state index contributed by atoms with van der Waals surface area (Å²) >= 11 is 0. The summed E-state index contributed by atoms with van der Waals surface area (Å²) in [5.74, 6) is 0.399. The lowest BCUT2D eigenvalue weighted by molar-refractivity contribution is -0.154. The van der Waals surface area contributed by atoms with E-state index < -0.39 is 11.2 Å². The van der Waals surface area contributed by atoms with Gasteiger partial charge < -0.3 is 15.2 Å². The van der Waals surface area contributed by atoms with Crippen molar-refractivity contribution in [1.82, 2.24) is 5.32 Å². The fourth-order valence-corrected chi connectivity index (χ4v) is 2.70. The zero-order valence-electron chi connectivity index (χ0n) is 12.8. The number of nitrogens with one attached hydrogen (secondary N) is 1. The Labute approximate surface area is 116 Å². The van der Waals surface area contributed by atoms with Crippen molar-refractivity contribution in [3.05, 3.63) is 0 Å². The summed E-state index contributed by atoms with van der Waals surface area (Å²) in [4.78, 5) is 11.5. The molecule has 2 atom stereocenters. The number of carbonyl (C=O) groups excluding carboxylic acids is 1. The van der Waals surface area contributed by atoms with E-state index in [0.29, 0.717) is 25.4 Å². The molecule has 0 aromatic rings. The minimum Gasteiger partial charge on any atom is -0.460 e. The van der Waals surface area contributed by atoms with Crippen LogP contribution in [0.5, 0.6) is 0 Å². The molecule has 0 amide bonds. The maximum atomic E-state index is 11.5. The Bertz CT molecular complexity index is 298. The Balaban J connectivity index is 2.18. The van der Waals surface area contributed by atoms with E-state index in [-0.39, 0.29) is 5.97 Å². The molecule has 0 spiro atoms. The number of hydrogen-bond acceptors (Lipinski definition) is 4. The van der Waals surface area contributed by atoms with Crippen LogP contribution >= 0.6 is 0 Å². The molecular weight excluding hydrogens is 242 g/mol. The Morgan fingerprint density at radius 3 is 2.74 bits per heavy atom. The molecule has 0 aromatic carbocycles. The van der Waals surface area contributed by atoms with Crippen LogP contribution in [0.1, 0.15) is 59.8 Å². The predicted molar refractivity (Wildman–Crippen MR) is 75.9 cm³/mol. The van der Waals surface area contributed by atoms with E-state index in [2.05, 4.69) is 12.2 Å². The van der Waals surface area contributed by atoms with E-state index in [1.807, 2.05) is 20.8 Å². The van der Waals surface area contributed by atoms with Crippen molar-refractivity contribution in [2.24, 2.45) is 5.92 Å². The topological polar surface area (TPSA) is 58.6 Å². The zero-order valence-corrected chi connectivity index (χ0v) is 12.8. The van der Waals surface area contributed by atoms with Gasteiger partial charge in [-0.15, -0.1) is 0 Å². The maximum absolute atomic E-state index is 11.5. The van der Waals surface area contributed by atoms with Gasteiger partial charge in [-0.05, 0) is 39.5 Å². The first kappa shape index (κ1) is 16.4. The van der Waals surface area contributed by atoms with Gasteiger partial charge in [-0.2, -0.15) is 0 Å². The van der Waals surface area contributed by atoms with Crippen molar-refractivity contribution in [2.75, 3.05) is 13.1 Å². The third-order valence-electron chi connectivity index (χ3n) is 3.45. The third-order valence-corrected chi connectivity index (χ3v) is 3.45.